The van der Waals surface area contributed by atoms with Crippen molar-refractivity contribution in [2.75, 3.05) is 0 Å². The number of benzene rings is 6. The topological polar surface area (TPSA) is 92.0 Å². The number of phenolic OH excluding ortho intramolecular Hbond substituents is 2. The van der Waals surface area contributed by atoms with Crippen LogP contribution in [0.2, 0.25) is 0 Å². The fourth-order valence-electron chi connectivity index (χ4n) is 10.5. The molecule has 8 heteroatoms. The van der Waals surface area contributed by atoms with Crippen LogP contribution in [0.25, 0.3) is 64.9 Å². The van der Waals surface area contributed by atoms with Crippen molar-refractivity contribution in [3.8, 4) is 11.5 Å². The molecule has 7 aliphatic heterocycles. The molecule has 18 rings (SSSR count). The summed E-state index contributed by atoms with van der Waals surface area (Å²) in [5.74, 6) is -0.956. The molecule has 0 radical (unpaired) electrons. The maximum Gasteiger partial charge on any atom is 0.133 e. The smallest absolute Gasteiger partial charge is 0.133 e. The molecule has 0 amide bonds. The normalized spacial score (nSPS) is 14.2. The van der Waals surface area contributed by atoms with Gasteiger partial charge in [0.1, 0.15) is 23.1 Å². The number of nitrogens with zero attached hydrogens (tertiary/aromatic N) is 4. The molecule has 12 bridgehead atoms. The molecule has 0 saturated heterocycles. The summed E-state index contributed by atoms with van der Waals surface area (Å²) in [5, 5.41) is 30.9. The lowest BCUT2D eigenvalue weighted by Crippen LogP contribution is -2.11. The van der Waals surface area contributed by atoms with Crippen LogP contribution in [0.4, 0.5) is 8.78 Å². The number of halogens is 2. The van der Waals surface area contributed by atoms with Gasteiger partial charge in [-0.25, -0.2) is 8.78 Å². The Morgan fingerprint density at radius 2 is 0.806 bits per heavy atom. The Bertz CT molecular complexity index is 3660. The highest BCUT2D eigenvalue weighted by molar-refractivity contribution is 6.00. The van der Waals surface area contributed by atoms with Gasteiger partial charge in [0.15, 0.2) is 0 Å². The molecule has 0 fully saturated rings. The number of hydrogen-bond donors (Lipinski definition) is 2. The van der Waals surface area contributed by atoms with Crippen molar-refractivity contribution in [2.45, 2.75) is 105 Å². The maximum atomic E-state index is 15.5. The van der Waals surface area contributed by atoms with Crippen molar-refractivity contribution in [2.24, 2.45) is 0 Å². The molecule has 0 spiro atoms. The number of hydrogen-bond acceptors (Lipinski definition) is 6. The summed E-state index contributed by atoms with van der Waals surface area (Å²) in [6.45, 7) is 12.8. The van der Waals surface area contributed by atoms with Gasteiger partial charge in [-0.05, 0) is 166 Å². The second-order valence-corrected chi connectivity index (χ2v) is 18.9. The minimum Gasteiger partial charge on any atom is -0.507 e. The molecule has 72 heavy (non-hydrogen) atoms. The zero-order chi connectivity index (χ0) is 50.5. The van der Waals surface area contributed by atoms with Gasteiger partial charge >= 0.3 is 0 Å². The Morgan fingerprint density at radius 1 is 0.417 bits per heavy atom. The fourth-order valence-corrected chi connectivity index (χ4v) is 10.5. The molecule has 2 N–H and O–H groups in total. The Hall–Kier alpha value is -7.58. The van der Waals surface area contributed by atoms with Gasteiger partial charge in [-0.1, -0.05) is 114 Å². The summed E-state index contributed by atoms with van der Waals surface area (Å²) in [4.78, 5) is 19.7. The average molecular weight is 957 g/mol. The van der Waals surface area contributed by atoms with E-state index in [1.807, 2.05) is 30.3 Å². The summed E-state index contributed by atoms with van der Waals surface area (Å²) in [6, 6.07) is 39.0. The zero-order valence-electron chi connectivity index (χ0n) is 42.1. The number of phenols is 2. The SMILES string of the molecule is CCc1cc2c3ccccc3c3ccc(cc3)ncc3cc(F)cc(cnc4c(CC)cc(cc4CC)c4ccccc4c4cc(CC)c(ncc5cc(F)cc(cnc1C(CC)C2)c5O)C(CC)C4)c3O. The molecule has 6 nitrogen and oxygen atoms in total. The lowest BCUT2D eigenvalue weighted by Gasteiger charge is -2.22. The minimum atomic E-state index is -0.502. The largest absolute Gasteiger partial charge is 0.507 e. The number of aromatic hydroxyl groups is 2. The van der Waals surface area contributed by atoms with Crippen LogP contribution in [-0.2, 0) is 38.5 Å². The van der Waals surface area contributed by atoms with E-state index in [0.29, 0.717) is 29.1 Å². The Morgan fingerprint density at radius 3 is 1.22 bits per heavy atom. The van der Waals surface area contributed by atoms with E-state index < -0.39 is 11.6 Å². The van der Waals surface area contributed by atoms with Crippen LogP contribution in [0.1, 0.15) is 111 Å². The fraction of sp³-hybridized carbons (Fsp3) is 0.250. The first-order valence-corrected chi connectivity index (χ1v) is 25.6. The van der Waals surface area contributed by atoms with Gasteiger partial charge in [-0.3, -0.25) is 19.9 Å². The molecular formula is C64H62F2N4O2. The van der Waals surface area contributed by atoms with E-state index in [1.54, 1.807) is 18.6 Å². The van der Waals surface area contributed by atoms with Gasteiger partial charge in [0.25, 0.3) is 0 Å². The van der Waals surface area contributed by atoms with E-state index in [9.17, 15) is 10.2 Å². The van der Waals surface area contributed by atoms with Crippen molar-refractivity contribution >= 4 is 64.9 Å². The lowest BCUT2D eigenvalue weighted by atomic mass is 9.84. The maximum absolute atomic E-state index is 15.5. The van der Waals surface area contributed by atoms with Crippen LogP contribution in [0.15, 0.2) is 146 Å². The van der Waals surface area contributed by atoms with Crippen LogP contribution in [0, 0.1) is 11.6 Å². The van der Waals surface area contributed by atoms with E-state index in [4.69, 9.17) is 15.0 Å². The zero-order valence-corrected chi connectivity index (χ0v) is 42.1. The van der Waals surface area contributed by atoms with E-state index in [-0.39, 0.29) is 34.1 Å². The Kier molecular flexibility index (Phi) is 15.0. The van der Waals surface area contributed by atoms with Crippen LogP contribution >= 0.6 is 0 Å². The third kappa shape index (κ3) is 10.1. The predicted octanol–water partition coefficient (Wildman–Crippen LogP) is 16.4. The highest BCUT2D eigenvalue weighted by atomic mass is 19.1. The van der Waals surface area contributed by atoms with Crippen molar-refractivity contribution in [3.63, 3.8) is 0 Å². The van der Waals surface area contributed by atoms with Gasteiger partial charge in [-0.15, -0.1) is 0 Å². The summed E-state index contributed by atoms with van der Waals surface area (Å²) in [6.07, 6.45) is 12.4. The molecule has 364 valence electrons. The molecule has 10 heterocycles. The molecule has 3 aromatic heterocycles. The first kappa shape index (κ1) is 49.4. The second kappa shape index (κ2) is 21.8. The summed E-state index contributed by atoms with van der Waals surface area (Å²) < 4.78 is 30.9. The van der Waals surface area contributed by atoms with Crippen molar-refractivity contribution in [1.29, 1.82) is 0 Å². The molecule has 9 aromatic rings. The minimum absolute atomic E-state index is 0.0615. The van der Waals surface area contributed by atoms with Gasteiger partial charge < -0.3 is 10.2 Å². The van der Waals surface area contributed by atoms with Crippen LogP contribution in [-0.4, -0.2) is 30.1 Å². The average Bonchev–Trinajstić information content (AvgIpc) is 3.41. The van der Waals surface area contributed by atoms with Crippen molar-refractivity contribution in [3.05, 3.63) is 203 Å². The molecule has 2 unspecified atom stereocenters. The quantitative estimate of drug-likeness (QED) is 0.173. The molecule has 2 aliphatic carbocycles. The van der Waals surface area contributed by atoms with E-state index in [1.165, 1.54) is 41.6 Å². The van der Waals surface area contributed by atoms with Crippen LogP contribution in [0.3, 0.4) is 0 Å². The predicted molar refractivity (Wildman–Crippen MR) is 294 cm³/mol. The van der Waals surface area contributed by atoms with Crippen molar-refractivity contribution in [1.82, 2.24) is 19.9 Å². The third-order valence-electron chi connectivity index (χ3n) is 14.5. The Balaban J connectivity index is 1.36. The second-order valence-electron chi connectivity index (χ2n) is 18.9. The molecule has 9 aliphatic rings. The van der Waals surface area contributed by atoms with E-state index in [0.717, 1.165) is 110 Å². The summed E-state index contributed by atoms with van der Waals surface area (Å²) in [5.41, 5.74) is 10.0. The highest BCUT2D eigenvalue weighted by Crippen LogP contribution is 2.37. The number of rotatable bonds is 6. The number of aromatic nitrogens is 4. The Labute approximate surface area is 420 Å². The standard InChI is InChI=1S/C64H62F2N4O2/c1-7-39-25-46-26-40(8-2)60(39)69-37-51-33-54(66)34-52(64(51)72)38-70-62-43(11-5)29-48(30-44(62)12-6)59-20-16-15-19-58(59)47-27-41(9-3)61(42(10-4)28-47)68-36-50-32-53(65)31-49(63(50)71)35-67-55-23-21-45(22-24-55)56-17-13-14-18-57(46)56/h13-25,27-29,31-38,40,44,71-72H,7-12,26,30H2,1-6H3. The van der Waals surface area contributed by atoms with Gasteiger partial charge in [0, 0.05) is 69.6 Å². The van der Waals surface area contributed by atoms with Gasteiger partial charge in [-0.2, -0.15) is 0 Å². The van der Waals surface area contributed by atoms with E-state index >= 15 is 8.78 Å². The van der Waals surface area contributed by atoms with Crippen LogP contribution < -0.4 is 0 Å². The lowest BCUT2D eigenvalue weighted by molar-refractivity contribution is 0.485. The molecule has 6 aromatic carbocycles. The van der Waals surface area contributed by atoms with E-state index in [2.05, 4.69) is 113 Å². The van der Waals surface area contributed by atoms with Crippen LogP contribution in [0.5, 0.6) is 11.5 Å². The molecule has 0 saturated carbocycles. The van der Waals surface area contributed by atoms with Gasteiger partial charge in [0.2, 0.25) is 0 Å². The first-order chi connectivity index (χ1) is 35.0. The molecule has 2 atom stereocenters. The third-order valence-corrected chi connectivity index (χ3v) is 14.5. The van der Waals surface area contributed by atoms with Crippen molar-refractivity contribution < 1.29 is 19.0 Å². The molecular weight excluding hydrogens is 895 g/mol. The highest BCUT2D eigenvalue weighted by Gasteiger charge is 2.22. The monoisotopic (exact) mass is 956 g/mol. The summed E-state index contributed by atoms with van der Waals surface area (Å²) >= 11 is 0. The first-order valence-electron chi connectivity index (χ1n) is 25.6. The summed E-state index contributed by atoms with van der Waals surface area (Å²) in [7, 11) is 0. The number of aryl methyl sites for hydroxylation is 4. The van der Waals surface area contributed by atoms with Gasteiger partial charge in [0.05, 0.1) is 11.0 Å².